The maximum Gasteiger partial charge on any atom is 0.269 e. The van der Waals surface area contributed by atoms with E-state index in [1.54, 1.807) is 32.4 Å². The summed E-state index contributed by atoms with van der Waals surface area (Å²) in [6.45, 7) is 1.87. The number of hydrogen-bond acceptors (Lipinski definition) is 6. The van der Waals surface area contributed by atoms with Gasteiger partial charge in [0, 0.05) is 23.6 Å². The van der Waals surface area contributed by atoms with Gasteiger partial charge < -0.3 is 14.8 Å². The molecule has 2 atom stereocenters. The van der Waals surface area contributed by atoms with Gasteiger partial charge in [-0.2, -0.15) is 0 Å². The number of carbonyl (C=O) groups is 1. The Hall–Kier alpha value is -2.93. The van der Waals surface area contributed by atoms with Crippen LogP contribution >= 0.6 is 0 Å². The molecule has 0 bridgehead atoms. The zero-order valence-electron chi connectivity index (χ0n) is 17.9. The second kappa shape index (κ2) is 9.06. The third-order valence-corrected chi connectivity index (χ3v) is 6.75. The van der Waals surface area contributed by atoms with Crippen molar-refractivity contribution in [2.24, 2.45) is 17.8 Å². The van der Waals surface area contributed by atoms with Crippen molar-refractivity contribution >= 4 is 11.5 Å². The topological polar surface area (TPSA) is 90.7 Å². The molecule has 1 saturated heterocycles. The Labute approximate surface area is 181 Å². The van der Waals surface area contributed by atoms with Crippen LogP contribution in [0, 0.1) is 27.9 Å². The quantitative estimate of drug-likeness (QED) is 0.537. The molecule has 0 aromatic heterocycles. The number of nitro groups is 1. The Bertz CT molecular complexity index is 984. The normalized spacial score (nSPS) is 19.7. The number of benzene rings is 2. The van der Waals surface area contributed by atoms with Crippen molar-refractivity contribution in [2.45, 2.75) is 25.7 Å². The largest absolute Gasteiger partial charge is 0.493 e. The molecule has 1 aliphatic heterocycles. The summed E-state index contributed by atoms with van der Waals surface area (Å²) in [5.74, 6) is 1.71. The summed E-state index contributed by atoms with van der Waals surface area (Å²) in [7, 11) is 3.17. The first-order valence-electron chi connectivity index (χ1n) is 10.7. The van der Waals surface area contributed by atoms with Gasteiger partial charge in [-0.3, -0.25) is 14.9 Å². The van der Waals surface area contributed by atoms with Gasteiger partial charge in [0.15, 0.2) is 17.3 Å². The van der Waals surface area contributed by atoms with E-state index in [1.807, 2.05) is 12.1 Å². The van der Waals surface area contributed by atoms with Gasteiger partial charge in [0.05, 0.1) is 19.1 Å². The Balaban J connectivity index is 1.66. The summed E-state index contributed by atoms with van der Waals surface area (Å²) in [4.78, 5) is 24.4. The van der Waals surface area contributed by atoms with Gasteiger partial charge >= 0.3 is 0 Å². The number of ether oxygens (including phenoxy) is 2. The van der Waals surface area contributed by atoms with E-state index in [-0.39, 0.29) is 28.2 Å². The molecule has 2 aliphatic rings. The number of non-ortho nitro benzene ring substituents is 1. The van der Waals surface area contributed by atoms with Gasteiger partial charge in [0.1, 0.15) is 0 Å². The van der Waals surface area contributed by atoms with Crippen LogP contribution in [0.3, 0.4) is 0 Å². The highest BCUT2D eigenvalue weighted by Crippen LogP contribution is 2.43. The Morgan fingerprint density at radius 2 is 1.84 bits per heavy atom. The summed E-state index contributed by atoms with van der Waals surface area (Å²) in [5, 5.41) is 14.6. The number of carbonyl (C=O) groups excluding carboxylic acids is 1. The summed E-state index contributed by atoms with van der Waals surface area (Å²) >= 11 is 0. The first kappa shape index (κ1) is 21.3. The molecular weight excluding hydrogens is 396 g/mol. The van der Waals surface area contributed by atoms with E-state index in [9.17, 15) is 14.9 Å². The minimum absolute atomic E-state index is 0.0945. The second-order valence-corrected chi connectivity index (χ2v) is 8.42. The third-order valence-electron chi connectivity index (χ3n) is 6.75. The summed E-state index contributed by atoms with van der Waals surface area (Å²) < 4.78 is 10.8. The van der Waals surface area contributed by atoms with E-state index in [1.165, 1.54) is 6.07 Å². The van der Waals surface area contributed by atoms with Crippen LogP contribution in [0.4, 0.5) is 5.69 Å². The molecule has 164 valence electrons. The van der Waals surface area contributed by atoms with E-state index in [0.717, 1.165) is 37.1 Å². The van der Waals surface area contributed by atoms with Crippen molar-refractivity contribution in [1.82, 2.24) is 5.32 Å². The van der Waals surface area contributed by atoms with Crippen molar-refractivity contribution in [3.63, 3.8) is 0 Å². The fourth-order valence-electron chi connectivity index (χ4n) is 5.17. The first-order valence-corrected chi connectivity index (χ1v) is 10.7. The van der Waals surface area contributed by atoms with Crippen molar-refractivity contribution in [3.05, 3.63) is 63.2 Å². The summed E-state index contributed by atoms with van der Waals surface area (Å²) in [5.41, 5.74) is 2.71. The van der Waals surface area contributed by atoms with Crippen molar-refractivity contribution in [1.29, 1.82) is 0 Å². The van der Waals surface area contributed by atoms with Gasteiger partial charge in [0.25, 0.3) is 5.69 Å². The average Bonchev–Trinajstić information content (AvgIpc) is 3.12. The monoisotopic (exact) mass is 424 g/mol. The molecule has 2 aromatic rings. The predicted octanol–water partition coefficient (Wildman–Crippen LogP) is 3.83. The SMILES string of the molecule is COc1cc2c(cc1OC)C(=O)C(C(Cc1cccc([N+](=O)[O-])c1)C1CCNCC1)C2. The van der Waals surface area contributed by atoms with Gasteiger partial charge in [-0.15, -0.1) is 0 Å². The minimum Gasteiger partial charge on any atom is -0.493 e. The molecule has 1 fully saturated rings. The molecule has 4 rings (SSSR count). The van der Waals surface area contributed by atoms with E-state index >= 15 is 0 Å². The van der Waals surface area contributed by atoms with Gasteiger partial charge in [0.2, 0.25) is 0 Å². The number of methoxy groups -OCH3 is 2. The Morgan fingerprint density at radius 3 is 2.52 bits per heavy atom. The van der Waals surface area contributed by atoms with Crippen LogP contribution in [-0.4, -0.2) is 38.0 Å². The molecule has 1 N–H and O–H groups in total. The van der Waals surface area contributed by atoms with Crippen LogP contribution in [0.2, 0.25) is 0 Å². The smallest absolute Gasteiger partial charge is 0.269 e. The molecule has 1 heterocycles. The van der Waals surface area contributed by atoms with Crippen LogP contribution < -0.4 is 14.8 Å². The molecule has 0 saturated carbocycles. The lowest BCUT2D eigenvalue weighted by Gasteiger charge is -2.34. The number of piperidine rings is 1. The third kappa shape index (κ3) is 4.28. The fraction of sp³-hybridized carbons (Fsp3) is 0.458. The highest BCUT2D eigenvalue weighted by Gasteiger charge is 2.40. The number of rotatable bonds is 7. The zero-order valence-corrected chi connectivity index (χ0v) is 17.9. The van der Waals surface area contributed by atoms with Gasteiger partial charge in [-0.1, -0.05) is 12.1 Å². The van der Waals surface area contributed by atoms with Gasteiger partial charge in [-0.05, 0) is 73.9 Å². The van der Waals surface area contributed by atoms with Crippen molar-refractivity contribution in [2.75, 3.05) is 27.3 Å². The number of Topliss-reactive ketones (excluding diaryl/α,β-unsaturated/α-hetero) is 1. The Morgan fingerprint density at radius 1 is 1.13 bits per heavy atom. The highest BCUT2D eigenvalue weighted by molar-refractivity contribution is 6.03. The van der Waals surface area contributed by atoms with E-state index in [2.05, 4.69) is 5.32 Å². The number of nitrogens with one attached hydrogen (secondary N) is 1. The lowest BCUT2D eigenvalue weighted by molar-refractivity contribution is -0.384. The van der Waals surface area contributed by atoms with Crippen LogP contribution in [0.1, 0.15) is 34.3 Å². The predicted molar refractivity (Wildman–Crippen MR) is 117 cm³/mol. The lowest BCUT2D eigenvalue weighted by Crippen LogP contribution is -2.37. The van der Waals surface area contributed by atoms with E-state index in [0.29, 0.717) is 35.8 Å². The van der Waals surface area contributed by atoms with Crippen LogP contribution in [-0.2, 0) is 12.8 Å². The number of fused-ring (bicyclic) bond motifs is 1. The summed E-state index contributed by atoms with van der Waals surface area (Å²) in [6.07, 6.45) is 3.34. The molecule has 7 nitrogen and oxygen atoms in total. The lowest BCUT2D eigenvalue weighted by atomic mass is 9.72. The molecule has 31 heavy (non-hydrogen) atoms. The van der Waals surface area contributed by atoms with E-state index in [4.69, 9.17) is 9.47 Å². The molecule has 7 heteroatoms. The maximum atomic E-state index is 13.5. The minimum atomic E-state index is -0.363. The van der Waals surface area contributed by atoms with Crippen molar-refractivity contribution < 1.29 is 19.2 Å². The molecular formula is C24H28N2O5. The number of ketones is 1. The second-order valence-electron chi connectivity index (χ2n) is 8.42. The van der Waals surface area contributed by atoms with Crippen molar-refractivity contribution in [3.8, 4) is 11.5 Å². The molecule has 0 amide bonds. The number of nitrogens with zero attached hydrogens (tertiary/aromatic N) is 1. The molecule has 2 unspecified atom stereocenters. The molecule has 1 aliphatic carbocycles. The maximum absolute atomic E-state index is 13.5. The number of nitro benzene ring substituents is 1. The molecule has 2 aromatic carbocycles. The molecule has 0 spiro atoms. The van der Waals surface area contributed by atoms with Crippen LogP contribution in [0.5, 0.6) is 11.5 Å². The molecule has 0 radical (unpaired) electrons. The standard InChI is InChI=1S/C24H28N2O5/c1-30-22-13-17-12-21(24(27)20(17)14-23(22)31-2)19(16-6-8-25-9-7-16)11-15-4-3-5-18(10-15)26(28)29/h3-5,10,13-14,16,19,21,25H,6-9,11-12H2,1-2H3. The van der Waals surface area contributed by atoms with Crippen LogP contribution in [0.25, 0.3) is 0 Å². The zero-order chi connectivity index (χ0) is 22.0. The Kier molecular flexibility index (Phi) is 6.23. The fourth-order valence-corrected chi connectivity index (χ4v) is 5.17. The summed E-state index contributed by atoms with van der Waals surface area (Å²) in [6, 6.07) is 10.5. The van der Waals surface area contributed by atoms with Crippen LogP contribution in [0.15, 0.2) is 36.4 Å². The average molecular weight is 424 g/mol. The number of hydrogen-bond donors (Lipinski definition) is 1. The van der Waals surface area contributed by atoms with E-state index < -0.39 is 0 Å². The highest BCUT2D eigenvalue weighted by atomic mass is 16.6. The van der Waals surface area contributed by atoms with Gasteiger partial charge in [-0.25, -0.2) is 0 Å². The first-order chi connectivity index (χ1) is 15.0.